The maximum absolute atomic E-state index is 5.37. The Morgan fingerprint density at radius 3 is 2.89 bits per heavy atom. The van der Waals surface area contributed by atoms with Crippen LogP contribution in [-0.4, -0.2) is 21.6 Å². The van der Waals surface area contributed by atoms with E-state index in [1.807, 2.05) is 38.1 Å². The number of nitrogens with one attached hydrogen (secondary N) is 1. The molecule has 2 aromatic rings. The van der Waals surface area contributed by atoms with E-state index < -0.39 is 0 Å². The predicted octanol–water partition coefficient (Wildman–Crippen LogP) is 2.19. The van der Waals surface area contributed by atoms with Crippen molar-refractivity contribution in [1.29, 1.82) is 0 Å². The SMILES string of the molecule is CCOc1cc(C)nc(NCc2ccccn2)n1. The number of ether oxygens (including phenoxy) is 1. The van der Waals surface area contributed by atoms with Crippen molar-refractivity contribution in [2.24, 2.45) is 0 Å². The standard InChI is InChI=1S/C13H16N4O/c1-3-18-12-8-10(2)16-13(17-12)15-9-11-6-4-5-7-14-11/h4-8H,3,9H2,1-2H3,(H,15,16,17). The van der Waals surface area contributed by atoms with Gasteiger partial charge in [-0.25, -0.2) is 4.98 Å². The number of aryl methyl sites for hydroxylation is 1. The first-order valence-electron chi connectivity index (χ1n) is 5.90. The van der Waals surface area contributed by atoms with Gasteiger partial charge in [0.1, 0.15) is 0 Å². The molecule has 0 bridgehead atoms. The van der Waals surface area contributed by atoms with Gasteiger partial charge in [0.2, 0.25) is 11.8 Å². The van der Waals surface area contributed by atoms with Crippen molar-refractivity contribution < 1.29 is 4.74 Å². The van der Waals surface area contributed by atoms with Crippen LogP contribution in [0.25, 0.3) is 0 Å². The van der Waals surface area contributed by atoms with Gasteiger partial charge in [0.25, 0.3) is 0 Å². The maximum atomic E-state index is 5.37. The first-order valence-corrected chi connectivity index (χ1v) is 5.90. The van der Waals surface area contributed by atoms with E-state index in [0.29, 0.717) is 25.0 Å². The number of rotatable bonds is 5. The topological polar surface area (TPSA) is 59.9 Å². The lowest BCUT2D eigenvalue weighted by Crippen LogP contribution is -2.07. The Morgan fingerprint density at radius 1 is 1.28 bits per heavy atom. The van der Waals surface area contributed by atoms with E-state index in [2.05, 4.69) is 20.3 Å². The Bertz CT molecular complexity index is 502. The van der Waals surface area contributed by atoms with Gasteiger partial charge in [-0.2, -0.15) is 4.98 Å². The molecule has 0 fully saturated rings. The number of anilines is 1. The Hall–Kier alpha value is -2.17. The molecule has 0 spiro atoms. The van der Waals surface area contributed by atoms with Crippen LogP contribution >= 0.6 is 0 Å². The highest BCUT2D eigenvalue weighted by molar-refractivity contribution is 5.31. The highest BCUT2D eigenvalue weighted by Gasteiger charge is 2.02. The van der Waals surface area contributed by atoms with E-state index in [1.54, 1.807) is 6.20 Å². The van der Waals surface area contributed by atoms with Crippen molar-refractivity contribution in [2.75, 3.05) is 11.9 Å². The Labute approximate surface area is 106 Å². The molecule has 0 aromatic carbocycles. The molecular weight excluding hydrogens is 228 g/mol. The molecule has 94 valence electrons. The second-order valence-electron chi connectivity index (χ2n) is 3.78. The fourth-order valence-corrected chi connectivity index (χ4v) is 1.51. The van der Waals surface area contributed by atoms with Gasteiger partial charge in [0.05, 0.1) is 18.8 Å². The molecule has 0 radical (unpaired) electrons. The van der Waals surface area contributed by atoms with Crippen molar-refractivity contribution in [3.05, 3.63) is 41.9 Å². The molecule has 0 unspecified atom stereocenters. The average molecular weight is 244 g/mol. The summed E-state index contributed by atoms with van der Waals surface area (Å²) in [5.74, 6) is 1.15. The molecule has 0 aliphatic heterocycles. The largest absolute Gasteiger partial charge is 0.478 e. The first kappa shape index (κ1) is 12.3. The number of hydrogen-bond acceptors (Lipinski definition) is 5. The Kier molecular flexibility index (Phi) is 4.06. The van der Waals surface area contributed by atoms with Crippen LogP contribution in [0.4, 0.5) is 5.95 Å². The zero-order valence-electron chi connectivity index (χ0n) is 10.6. The van der Waals surface area contributed by atoms with Crippen molar-refractivity contribution in [1.82, 2.24) is 15.0 Å². The van der Waals surface area contributed by atoms with Crippen LogP contribution in [0.15, 0.2) is 30.5 Å². The summed E-state index contributed by atoms with van der Waals surface area (Å²) in [6, 6.07) is 7.61. The minimum Gasteiger partial charge on any atom is -0.478 e. The zero-order chi connectivity index (χ0) is 12.8. The lowest BCUT2D eigenvalue weighted by atomic mass is 10.3. The predicted molar refractivity (Wildman–Crippen MR) is 69.5 cm³/mol. The van der Waals surface area contributed by atoms with Crippen molar-refractivity contribution in [2.45, 2.75) is 20.4 Å². The van der Waals surface area contributed by atoms with Crippen LogP contribution in [-0.2, 0) is 6.54 Å². The van der Waals surface area contributed by atoms with Gasteiger partial charge in [-0.1, -0.05) is 6.07 Å². The van der Waals surface area contributed by atoms with Crippen molar-refractivity contribution >= 4 is 5.95 Å². The summed E-state index contributed by atoms with van der Waals surface area (Å²) in [6.07, 6.45) is 1.76. The Morgan fingerprint density at radius 2 is 2.17 bits per heavy atom. The molecule has 2 aromatic heterocycles. The third-order valence-corrected chi connectivity index (χ3v) is 2.28. The van der Waals surface area contributed by atoms with Gasteiger partial charge in [-0.05, 0) is 26.0 Å². The average Bonchev–Trinajstić information content (AvgIpc) is 2.37. The highest BCUT2D eigenvalue weighted by Crippen LogP contribution is 2.12. The molecule has 0 atom stereocenters. The zero-order valence-corrected chi connectivity index (χ0v) is 10.6. The normalized spacial score (nSPS) is 10.1. The number of hydrogen-bond donors (Lipinski definition) is 1. The number of aromatic nitrogens is 3. The molecule has 1 N–H and O–H groups in total. The van der Waals surface area contributed by atoms with Crippen LogP contribution < -0.4 is 10.1 Å². The smallest absolute Gasteiger partial charge is 0.226 e. The minimum atomic E-state index is 0.559. The molecule has 5 nitrogen and oxygen atoms in total. The maximum Gasteiger partial charge on any atom is 0.226 e. The van der Waals surface area contributed by atoms with Crippen LogP contribution in [0.2, 0.25) is 0 Å². The Balaban J connectivity index is 2.05. The minimum absolute atomic E-state index is 0.559. The third-order valence-electron chi connectivity index (χ3n) is 2.28. The van der Waals surface area contributed by atoms with Gasteiger partial charge < -0.3 is 10.1 Å². The summed E-state index contributed by atoms with van der Waals surface area (Å²) < 4.78 is 5.37. The second-order valence-corrected chi connectivity index (χ2v) is 3.78. The summed E-state index contributed by atoms with van der Waals surface area (Å²) in [5, 5.41) is 3.14. The summed E-state index contributed by atoms with van der Waals surface area (Å²) in [4.78, 5) is 12.8. The molecule has 2 rings (SSSR count). The van der Waals surface area contributed by atoms with E-state index >= 15 is 0 Å². The molecule has 0 aliphatic rings. The van der Waals surface area contributed by atoms with E-state index in [4.69, 9.17) is 4.74 Å². The van der Waals surface area contributed by atoms with Gasteiger partial charge in [0.15, 0.2) is 0 Å². The molecule has 5 heteroatoms. The summed E-state index contributed by atoms with van der Waals surface area (Å²) in [7, 11) is 0. The van der Waals surface area contributed by atoms with Crippen LogP contribution in [0.3, 0.4) is 0 Å². The van der Waals surface area contributed by atoms with Crippen molar-refractivity contribution in [3.63, 3.8) is 0 Å². The van der Waals surface area contributed by atoms with E-state index in [-0.39, 0.29) is 0 Å². The third kappa shape index (κ3) is 3.41. The van der Waals surface area contributed by atoms with Crippen LogP contribution in [0.1, 0.15) is 18.3 Å². The lowest BCUT2D eigenvalue weighted by Gasteiger charge is -2.08. The summed E-state index contributed by atoms with van der Waals surface area (Å²) >= 11 is 0. The lowest BCUT2D eigenvalue weighted by molar-refractivity contribution is 0.326. The molecular formula is C13H16N4O. The van der Waals surface area contributed by atoms with E-state index in [9.17, 15) is 0 Å². The molecule has 0 saturated heterocycles. The fraction of sp³-hybridized carbons (Fsp3) is 0.308. The summed E-state index contributed by atoms with van der Waals surface area (Å²) in [5.41, 5.74) is 1.82. The summed E-state index contributed by atoms with van der Waals surface area (Å²) in [6.45, 7) is 5.03. The monoisotopic (exact) mass is 244 g/mol. The fourth-order valence-electron chi connectivity index (χ4n) is 1.51. The van der Waals surface area contributed by atoms with E-state index in [0.717, 1.165) is 11.4 Å². The van der Waals surface area contributed by atoms with Gasteiger partial charge in [-0.3, -0.25) is 4.98 Å². The van der Waals surface area contributed by atoms with E-state index in [1.165, 1.54) is 0 Å². The van der Waals surface area contributed by atoms with Gasteiger partial charge in [-0.15, -0.1) is 0 Å². The molecule has 0 saturated carbocycles. The van der Waals surface area contributed by atoms with Crippen molar-refractivity contribution in [3.8, 4) is 5.88 Å². The second kappa shape index (κ2) is 5.95. The molecule has 2 heterocycles. The first-order chi connectivity index (χ1) is 8.78. The van der Waals surface area contributed by atoms with Crippen LogP contribution in [0, 0.1) is 6.92 Å². The quantitative estimate of drug-likeness (QED) is 0.873. The number of pyridine rings is 1. The van der Waals surface area contributed by atoms with Crippen LogP contribution in [0.5, 0.6) is 5.88 Å². The molecule has 0 aliphatic carbocycles. The highest BCUT2D eigenvalue weighted by atomic mass is 16.5. The van der Waals surface area contributed by atoms with Gasteiger partial charge in [0, 0.05) is 18.0 Å². The molecule has 18 heavy (non-hydrogen) atoms. The molecule has 0 amide bonds. The van der Waals surface area contributed by atoms with Gasteiger partial charge >= 0.3 is 0 Å². The number of nitrogens with zero attached hydrogens (tertiary/aromatic N) is 3.